The highest BCUT2D eigenvalue weighted by Crippen LogP contribution is 2.22. The molecule has 3 heteroatoms. The fourth-order valence-electron chi connectivity index (χ4n) is 2.64. The molecule has 0 fully saturated rings. The quantitative estimate of drug-likeness (QED) is 0.779. The highest BCUT2D eigenvalue weighted by molar-refractivity contribution is 6.30. The Balaban J connectivity index is 2.00. The SMILES string of the molecule is Clc1ccc(N2CCCCCN=C2c2ccccc2)cc1. The van der Waals surface area contributed by atoms with Crippen molar-refractivity contribution in [1.29, 1.82) is 0 Å². The zero-order valence-corrected chi connectivity index (χ0v) is 12.8. The largest absolute Gasteiger partial charge is 0.326 e. The van der Waals surface area contributed by atoms with Gasteiger partial charge in [0.1, 0.15) is 5.84 Å². The third kappa shape index (κ3) is 3.45. The van der Waals surface area contributed by atoms with E-state index < -0.39 is 0 Å². The van der Waals surface area contributed by atoms with Crippen molar-refractivity contribution >= 4 is 23.1 Å². The molecule has 0 bridgehead atoms. The Kier molecular flexibility index (Phi) is 4.56. The third-order valence-electron chi connectivity index (χ3n) is 3.73. The fraction of sp³-hybridized carbons (Fsp3) is 0.278. The molecule has 21 heavy (non-hydrogen) atoms. The maximum atomic E-state index is 6.01. The predicted octanol–water partition coefficient (Wildman–Crippen LogP) is 4.78. The van der Waals surface area contributed by atoms with Crippen LogP contribution in [0.25, 0.3) is 0 Å². The van der Waals surface area contributed by atoms with Crippen molar-refractivity contribution in [3.63, 3.8) is 0 Å². The van der Waals surface area contributed by atoms with Crippen LogP contribution in [-0.4, -0.2) is 18.9 Å². The van der Waals surface area contributed by atoms with E-state index in [4.69, 9.17) is 16.6 Å². The Hall–Kier alpha value is -1.80. The number of anilines is 1. The number of aliphatic imine (C=N–C) groups is 1. The van der Waals surface area contributed by atoms with E-state index in [-0.39, 0.29) is 0 Å². The molecular weight excluding hydrogens is 280 g/mol. The maximum Gasteiger partial charge on any atom is 0.135 e. The second kappa shape index (κ2) is 6.77. The number of rotatable bonds is 2. The summed E-state index contributed by atoms with van der Waals surface area (Å²) < 4.78 is 0. The van der Waals surface area contributed by atoms with Crippen molar-refractivity contribution in [2.45, 2.75) is 19.3 Å². The van der Waals surface area contributed by atoms with Gasteiger partial charge in [-0.3, -0.25) is 4.99 Å². The Labute approximate surface area is 131 Å². The van der Waals surface area contributed by atoms with Gasteiger partial charge in [-0.2, -0.15) is 0 Å². The first kappa shape index (κ1) is 14.2. The van der Waals surface area contributed by atoms with Gasteiger partial charge in [-0.1, -0.05) is 41.9 Å². The Morgan fingerprint density at radius 1 is 0.857 bits per heavy atom. The Bertz CT molecular complexity index is 605. The predicted molar refractivity (Wildman–Crippen MR) is 90.5 cm³/mol. The molecule has 0 aliphatic carbocycles. The summed E-state index contributed by atoms with van der Waals surface area (Å²) in [4.78, 5) is 7.15. The first-order valence-electron chi connectivity index (χ1n) is 7.47. The van der Waals surface area contributed by atoms with Gasteiger partial charge in [0.25, 0.3) is 0 Å². The third-order valence-corrected chi connectivity index (χ3v) is 3.98. The van der Waals surface area contributed by atoms with Crippen molar-refractivity contribution in [2.75, 3.05) is 18.0 Å². The molecule has 0 amide bonds. The van der Waals surface area contributed by atoms with Gasteiger partial charge >= 0.3 is 0 Å². The number of nitrogens with zero attached hydrogens (tertiary/aromatic N) is 2. The Morgan fingerprint density at radius 2 is 1.62 bits per heavy atom. The molecular formula is C18H19ClN2. The maximum absolute atomic E-state index is 6.01. The molecule has 0 saturated heterocycles. The Morgan fingerprint density at radius 3 is 2.38 bits per heavy atom. The molecule has 1 aliphatic rings. The summed E-state index contributed by atoms with van der Waals surface area (Å²) in [5.41, 5.74) is 2.33. The van der Waals surface area contributed by atoms with E-state index in [2.05, 4.69) is 41.3 Å². The molecule has 3 rings (SSSR count). The van der Waals surface area contributed by atoms with Crippen LogP contribution in [0.4, 0.5) is 5.69 Å². The molecule has 0 atom stereocenters. The number of hydrogen-bond donors (Lipinski definition) is 0. The number of halogens is 1. The highest BCUT2D eigenvalue weighted by Gasteiger charge is 2.16. The summed E-state index contributed by atoms with van der Waals surface area (Å²) in [5, 5.41) is 0.768. The van der Waals surface area contributed by atoms with Crippen molar-refractivity contribution in [2.24, 2.45) is 4.99 Å². The van der Waals surface area contributed by atoms with Crippen molar-refractivity contribution in [3.8, 4) is 0 Å². The highest BCUT2D eigenvalue weighted by atomic mass is 35.5. The lowest BCUT2D eigenvalue weighted by atomic mass is 10.1. The molecule has 0 N–H and O–H groups in total. The normalized spacial score (nSPS) is 16.0. The molecule has 2 nitrogen and oxygen atoms in total. The van der Waals surface area contributed by atoms with Crippen LogP contribution in [0.3, 0.4) is 0 Å². The van der Waals surface area contributed by atoms with Gasteiger partial charge < -0.3 is 4.90 Å². The van der Waals surface area contributed by atoms with E-state index in [9.17, 15) is 0 Å². The van der Waals surface area contributed by atoms with Crippen LogP contribution in [0.5, 0.6) is 0 Å². The molecule has 1 heterocycles. The molecule has 0 saturated carbocycles. The number of amidine groups is 1. The summed E-state index contributed by atoms with van der Waals surface area (Å²) in [6.45, 7) is 1.89. The molecule has 0 unspecified atom stereocenters. The smallest absolute Gasteiger partial charge is 0.135 e. The van der Waals surface area contributed by atoms with Crippen molar-refractivity contribution in [1.82, 2.24) is 0 Å². The van der Waals surface area contributed by atoms with Gasteiger partial charge in [-0.05, 0) is 43.5 Å². The van der Waals surface area contributed by atoms with E-state index in [0.717, 1.165) is 29.6 Å². The zero-order chi connectivity index (χ0) is 14.5. The first-order chi connectivity index (χ1) is 10.3. The standard InChI is InChI=1S/C18H19ClN2/c19-16-9-11-17(12-10-16)21-14-6-2-5-13-20-18(21)15-7-3-1-4-8-15/h1,3-4,7-12H,2,5-6,13-14H2. The summed E-state index contributed by atoms with van der Waals surface area (Å²) in [6, 6.07) is 18.5. The molecule has 0 radical (unpaired) electrons. The van der Waals surface area contributed by atoms with Crippen LogP contribution in [0, 0.1) is 0 Å². The van der Waals surface area contributed by atoms with Crippen LogP contribution in [0.2, 0.25) is 5.02 Å². The molecule has 2 aromatic rings. The van der Waals surface area contributed by atoms with Gasteiger partial charge in [0.05, 0.1) is 0 Å². The number of hydrogen-bond acceptors (Lipinski definition) is 2. The zero-order valence-electron chi connectivity index (χ0n) is 12.0. The van der Waals surface area contributed by atoms with Crippen molar-refractivity contribution in [3.05, 3.63) is 65.2 Å². The fourth-order valence-corrected chi connectivity index (χ4v) is 2.77. The van der Waals surface area contributed by atoms with Crippen LogP contribution in [0.1, 0.15) is 24.8 Å². The lowest BCUT2D eigenvalue weighted by molar-refractivity contribution is 0.676. The summed E-state index contributed by atoms with van der Waals surface area (Å²) >= 11 is 6.01. The molecule has 2 aromatic carbocycles. The lowest BCUT2D eigenvalue weighted by Crippen LogP contribution is -2.34. The second-order valence-corrected chi connectivity index (χ2v) is 5.70. The minimum absolute atomic E-state index is 0.768. The van der Waals surface area contributed by atoms with Crippen molar-refractivity contribution < 1.29 is 0 Å². The monoisotopic (exact) mass is 298 g/mol. The van der Waals surface area contributed by atoms with Crippen LogP contribution in [0.15, 0.2) is 59.6 Å². The van der Waals surface area contributed by atoms with Gasteiger partial charge in [-0.15, -0.1) is 0 Å². The average Bonchev–Trinajstić information content (AvgIpc) is 2.49. The van der Waals surface area contributed by atoms with Crippen LogP contribution >= 0.6 is 11.6 Å². The first-order valence-corrected chi connectivity index (χ1v) is 7.85. The molecule has 0 aromatic heterocycles. The second-order valence-electron chi connectivity index (χ2n) is 5.26. The lowest BCUT2D eigenvalue weighted by Gasteiger charge is -2.28. The summed E-state index contributed by atoms with van der Waals surface area (Å²) in [7, 11) is 0. The van der Waals surface area contributed by atoms with E-state index >= 15 is 0 Å². The van der Waals surface area contributed by atoms with E-state index in [1.165, 1.54) is 24.8 Å². The molecule has 108 valence electrons. The molecule has 0 spiro atoms. The van der Waals surface area contributed by atoms with Gasteiger partial charge in [0.15, 0.2) is 0 Å². The van der Waals surface area contributed by atoms with Gasteiger partial charge in [0.2, 0.25) is 0 Å². The van der Waals surface area contributed by atoms with Gasteiger partial charge in [-0.25, -0.2) is 0 Å². The van der Waals surface area contributed by atoms with Gasteiger partial charge in [0, 0.05) is 29.4 Å². The van der Waals surface area contributed by atoms with Crippen LogP contribution < -0.4 is 4.90 Å². The van der Waals surface area contributed by atoms with E-state index in [1.807, 2.05) is 18.2 Å². The minimum Gasteiger partial charge on any atom is -0.326 e. The minimum atomic E-state index is 0.768. The van der Waals surface area contributed by atoms with E-state index in [0.29, 0.717) is 0 Å². The summed E-state index contributed by atoms with van der Waals surface area (Å²) in [5.74, 6) is 1.07. The topological polar surface area (TPSA) is 15.6 Å². The average molecular weight is 299 g/mol. The van der Waals surface area contributed by atoms with Crippen LogP contribution in [-0.2, 0) is 0 Å². The summed E-state index contributed by atoms with van der Waals surface area (Å²) in [6.07, 6.45) is 3.59. The number of benzene rings is 2. The molecule has 1 aliphatic heterocycles. The van der Waals surface area contributed by atoms with E-state index in [1.54, 1.807) is 0 Å².